The molecule has 1 saturated heterocycles. The van der Waals surface area contributed by atoms with Crippen LogP contribution < -0.4 is 0 Å². The molecule has 1 aliphatic rings. The van der Waals surface area contributed by atoms with Crippen LogP contribution in [0.2, 0.25) is 0 Å². The lowest BCUT2D eigenvalue weighted by Gasteiger charge is -2.39. The second-order valence-electron chi connectivity index (χ2n) is 3.63. The highest BCUT2D eigenvalue weighted by Gasteiger charge is 2.44. The second kappa shape index (κ2) is 5.44. The molecule has 0 bridgehead atoms. The van der Waals surface area contributed by atoms with E-state index in [2.05, 4.69) is 0 Å². The zero-order valence-corrected chi connectivity index (χ0v) is 10.9. The highest BCUT2D eigenvalue weighted by molar-refractivity contribution is 6.76. The fourth-order valence-electron chi connectivity index (χ4n) is 1.29. The van der Waals surface area contributed by atoms with E-state index in [0.717, 1.165) is 0 Å². The Balaban J connectivity index is 2.69. The zero-order chi connectivity index (χ0) is 13.4. The summed E-state index contributed by atoms with van der Waals surface area (Å²) < 4.78 is 7.76. The average molecular weight is 309 g/mol. The van der Waals surface area contributed by atoms with Crippen LogP contribution in [-0.2, 0) is 9.47 Å². The van der Waals surface area contributed by atoms with Crippen LogP contribution in [0.4, 0.5) is 0 Å². The lowest BCUT2D eigenvalue weighted by Crippen LogP contribution is -2.58. The second-order valence-corrected chi connectivity index (χ2v) is 5.91. The van der Waals surface area contributed by atoms with Crippen LogP contribution in [0.25, 0.3) is 0 Å². The van der Waals surface area contributed by atoms with Crippen molar-refractivity contribution >= 4 is 40.7 Å². The van der Waals surface area contributed by atoms with Gasteiger partial charge in [-0.1, -0.05) is 34.8 Å². The molecule has 0 unspecified atom stereocenters. The molecule has 0 amide bonds. The van der Waals surface area contributed by atoms with Gasteiger partial charge in [0.25, 0.3) is 3.79 Å². The molecule has 1 aliphatic heterocycles. The van der Waals surface area contributed by atoms with Crippen LogP contribution in [0.15, 0.2) is 0 Å². The summed E-state index contributed by atoms with van der Waals surface area (Å²) in [5, 5.41) is 35.7. The van der Waals surface area contributed by atoms with Gasteiger partial charge in [0.1, 0.15) is 18.3 Å². The van der Waals surface area contributed by atoms with Gasteiger partial charge in [-0.2, -0.15) is 0 Å². The normalized spacial score (nSPS) is 38.9. The standard InChI is InChI=1S/C8H12Cl3NO5/c1-2-3(13)4(14)5(15)6(16-2)17-7(12)8(9,10)11/h2-6,12-15H,1H3/t2-,3-,4+,5+,6-/m0/s1. The first-order valence-corrected chi connectivity index (χ1v) is 5.80. The summed E-state index contributed by atoms with van der Waals surface area (Å²) in [7, 11) is 0. The van der Waals surface area contributed by atoms with Gasteiger partial charge in [0.15, 0.2) is 0 Å². The van der Waals surface area contributed by atoms with Crippen LogP contribution in [-0.4, -0.2) is 55.7 Å². The molecule has 4 N–H and O–H groups in total. The van der Waals surface area contributed by atoms with Gasteiger partial charge in [0.2, 0.25) is 12.2 Å². The summed E-state index contributed by atoms with van der Waals surface area (Å²) in [6.07, 6.45) is -6.44. The third-order valence-corrected chi connectivity index (χ3v) is 2.81. The molecule has 6 nitrogen and oxygen atoms in total. The van der Waals surface area contributed by atoms with E-state index in [9.17, 15) is 15.3 Å². The molecule has 0 aromatic heterocycles. The van der Waals surface area contributed by atoms with Gasteiger partial charge < -0.3 is 24.8 Å². The Kier molecular flexibility index (Phi) is 4.88. The Hall–Kier alpha value is 0.180. The van der Waals surface area contributed by atoms with Gasteiger partial charge in [0, 0.05) is 0 Å². The predicted molar refractivity (Wildman–Crippen MR) is 61.5 cm³/mol. The Bertz CT molecular complexity index is 297. The van der Waals surface area contributed by atoms with E-state index in [1.165, 1.54) is 6.92 Å². The van der Waals surface area contributed by atoms with Crippen molar-refractivity contribution in [2.45, 2.75) is 41.4 Å². The summed E-state index contributed by atoms with van der Waals surface area (Å²) in [4.78, 5) is 0. The van der Waals surface area contributed by atoms with Crippen molar-refractivity contribution in [2.75, 3.05) is 0 Å². The van der Waals surface area contributed by atoms with Crippen molar-refractivity contribution in [2.24, 2.45) is 0 Å². The molecular formula is C8H12Cl3NO5. The number of ether oxygens (including phenoxy) is 2. The van der Waals surface area contributed by atoms with Gasteiger partial charge in [-0.3, -0.25) is 5.41 Å². The number of aliphatic hydroxyl groups excluding tert-OH is 3. The van der Waals surface area contributed by atoms with Crippen molar-refractivity contribution in [3.05, 3.63) is 0 Å². The van der Waals surface area contributed by atoms with Crippen molar-refractivity contribution < 1.29 is 24.8 Å². The molecule has 100 valence electrons. The number of nitrogens with one attached hydrogen (secondary N) is 1. The van der Waals surface area contributed by atoms with E-state index >= 15 is 0 Å². The zero-order valence-electron chi connectivity index (χ0n) is 8.68. The molecular weight excluding hydrogens is 296 g/mol. The predicted octanol–water partition coefficient (Wildman–Crippen LogP) is 0.178. The summed E-state index contributed by atoms with van der Waals surface area (Å²) in [5.74, 6) is -0.748. The molecule has 1 fully saturated rings. The van der Waals surface area contributed by atoms with Crippen LogP contribution in [0, 0.1) is 5.41 Å². The quantitative estimate of drug-likeness (QED) is 0.314. The monoisotopic (exact) mass is 307 g/mol. The third-order valence-electron chi connectivity index (χ3n) is 2.30. The van der Waals surface area contributed by atoms with Crippen molar-refractivity contribution in [3.8, 4) is 0 Å². The molecule has 0 aliphatic carbocycles. The molecule has 9 heteroatoms. The molecule has 17 heavy (non-hydrogen) atoms. The fraction of sp³-hybridized carbons (Fsp3) is 0.875. The Morgan fingerprint density at radius 1 is 1.18 bits per heavy atom. The van der Waals surface area contributed by atoms with Gasteiger partial charge in [0.05, 0.1) is 6.10 Å². The number of aliphatic hydroxyl groups is 3. The Morgan fingerprint density at radius 2 is 1.71 bits per heavy atom. The first kappa shape index (κ1) is 15.2. The van der Waals surface area contributed by atoms with E-state index in [4.69, 9.17) is 49.7 Å². The summed E-state index contributed by atoms with van der Waals surface area (Å²) in [6.45, 7) is 1.47. The van der Waals surface area contributed by atoms with Crippen LogP contribution in [0.3, 0.4) is 0 Å². The average Bonchev–Trinajstić information content (AvgIpc) is 2.21. The maximum atomic E-state index is 9.55. The van der Waals surface area contributed by atoms with Crippen molar-refractivity contribution in [1.29, 1.82) is 5.41 Å². The largest absolute Gasteiger partial charge is 0.445 e. The van der Waals surface area contributed by atoms with Gasteiger partial charge in [-0.25, -0.2) is 0 Å². The molecule has 0 aromatic carbocycles. The highest BCUT2D eigenvalue weighted by atomic mass is 35.6. The van der Waals surface area contributed by atoms with E-state index < -0.39 is 40.4 Å². The number of hydrogen-bond acceptors (Lipinski definition) is 6. The van der Waals surface area contributed by atoms with Crippen LogP contribution in [0.5, 0.6) is 0 Å². The molecule has 5 atom stereocenters. The van der Waals surface area contributed by atoms with Gasteiger partial charge in [-0.05, 0) is 6.92 Å². The minimum atomic E-state index is -2.09. The lowest BCUT2D eigenvalue weighted by atomic mass is 10.0. The van der Waals surface area contributed by atoms with Crippen LogP contribution >= 0.6 is 34.8 Å². The fourth-order valence-corrected chi connectivity index (χ4v) is 1.43. The summed E-state index contributed by atoms with van der Waals surface area (Å²) in [5.41, 5.74) is 0. The Morgan fingerprint density at radius 3 is 2.18 bits per heavy atom. The van der Waals surface area contributed by atoms with Gasteiger partial charge in [-0.15, -0.1) is 0 Å². The smallest absolute Gasteiger partial charge is 0.265 e. The highest BCUT2D eigenvalue weighted by Crippen LogP contribution is 2.30. The maximum absolute atomic E-state index is 9.55. The van der Waals surface area contributed by atoms with Gasteiger partial charge >= 0.3 is 0 Å². The number of hydrogen-bond donors (Lipinski definition) is 4. The minimum Gasteiger partial charge on any atom is -0.445 e. The number of halogens is 3. The van der Waals surface area contributed by atoms with E-state index in [0.29, 0.717) is 0 Å². The van der Waals surface area contributed by atoms with E-state index in [1.54, 1.807) is 0 Å². The SMILES string of the molecule is C[C@@H]1O[C@@H](OC(=N)C(Cl)(Cl)Cl)[C@H](O)[C@H](O)[C@H]1O. The molecule has 1 rings (SSSR count). The molecule has 1 heterocycles. The molecule has 0 aromatic rings. The number of alkyl halides is 3. The summed E-state index contributed by atoms with van der Waals surface area (Å²) in [6, 6.07) is 0. The van der Waals surface area contributed by atoms with E-state index in [1.807, 2.05) is 0 Å². The molecule has 0 radical (unpaired) electrons. The summed E-state index contributed by atoms with van der Waals surface area (Å²) >= 11 is 16.2. The molecule has 0 spiro atoms. The molecule has 0 saturated carbocycles. The number of rotatable bonds is 1. The first-order valence-electron chi connectivity index (χ1n) is 4.66. The van der Waals surface area contributed by atoms with E-state index in [-0.39, 0.29) is 0 Å². The topological polar surface area (TPSA) is 103 Å². The van der Waals surface area contributed by atoms with Crippen molar-refractivity contribution in [1.82, 2.24) is 0 Å². The maximum Gasteiger partial charge on any atom is 0.265 e. The van der Waals surface area contributed by atoms with Crippen molar-refractivity contribution in [3.63, 3.8) is 0 Å². The third kappa shape index (κ3) is 3.57. The lowest BCUT2D eigenvalue weighted by molar-refractivity contribution is -0.272. The minimum absolute atomic E-state index is 0.748. The Labute approximate surface area is 112 Å². The van der Waals surface area contributed by atoms with Crippen LogP contribution in [0.1, 0.15) is 6.92 Å². The first-order chi connectivity index (χ1) is 7.64.